The van der Waals surface area contributed by atoms with Crippen LogP contribution in [0.1, 0.15) is 0 Å². The van der Waals surface area contributed by atoms with Crippen LogP contribution in [0.5, 0.6) is 0 Å². The van der Waals surface area contributed by atoms with E-state index in [-0.39, 0.29) is 0 Å². The molecular formula is C22H19Cl2N3O8. The second-order valence-corrected chi connectivity index (χ2v) is 8.23. The summed E-state index contributed by atoms with van der Waals surface area (Å²) in [7, 11) is -7.85. The van der Waals surface area contributed by atoms with E-state index in [0.29, 0.717) is 0 Å². The lowest BCUT2D eigenvalue weighted by Gasteiger charge is -2.17. The molecule has 0 radical (unpaired) electrons. The van der Waals surface area contributed by atoms with Gasteiger partial charge in [-0.25, -0.2) is 47.2 Å². The normalized spacial score (nSPS) is 11.0. The van der Waals surface area contributed by atoms with E-state index in [4.69, 9.17) is 42.3 Å². The molecule has 0 saturated carbocycles. The van der Waals surface area contributed by atoms with Crippen molar-refractivity contribution in [1.82, 2.24) is 4.98 Å². The van der Waals surface area contributed by atoms with Gasteiger partial charge in [-0.05, 0) is 35.4 Å². The molecule has 0 aliphatic rings. The summed E-state index contributed by atoms with van der Waals surface area (Å²) in [5.41, 5.74) is 6.30. The summed E-state index contributed by atoms with van der Waals surface area (Å²) >= 11 is 0. The lowest BCUT2D eigenvalue weighted by Crippen LogP contribution is -2.68. The van der Waals surface area contributed by atoms with Gasteiger partial charge in [-0.1, -0.05) is 30.3 Å². The molecule has 0 unspecified atom stereocenters. The third-order valence-electron chi connectivity index (χ3n) is 4.23. The van der Waals surface area contributed by atoms with Gasteiger partial charge in [0.15, 0.2) is 12.4 Å². The lowest BCUT2D eigenvalue weighted by molar-refractivity contribution is -2.00. The summed E-state index contributed by atoms with van der Waals surface area (Å²) in [6.45, 7) is 0. The highest BCUT2D eigenvalue weighted by Gasteiger charge is 2.16. The van der Waals surface area contributed by atoms with E-state index < -0.39 is 20.5 Å². The van der Waals surface area contributed by atoms with Crippen LogP contribution in [0.25, 0.3) is 33.9 Å². The molecule has 3 aromatic heterocycles. The first-order valence-corrected chi connectivity index (χ1v) is 12.0. The molecule has 0 saturated heterocycles. The third kappa shape index (κ3) is 11.3. The first kappa shape index (κ1) is 28.2. The number of hydrogen-bond acceptors (Lipinski definition) is 9. The Morgan fingerprint density at radius 1 is 0.657 bits per heavy atom. The average molecular weight is 524 g/mol. The Hall–Kier alpha value is -3.07. The number of hydrogen-bond donors (Lipinski definition) is 0. The minimum absolute atomic E-state index is 0.931. The molecule has 4 rings (SSSR count). The number of aromatic nitrogens is 3. The van der Waals surface area contributed by atoms with Crippen molar-refractivity contribution in [2.45, 2.75) is 0 Å². The van der Waals surface area contributed by atoms with Gasteiger partial charge in [0.05, 0.1) is 0 Å². The van der Waals surface area contributed by atoms with Gasteiger partial charge in [0.1, 0.15) is 18.4 Å². The third-order valence-corrected chi connectivity index (χ3v) is 4.23. The maximum atomic E-state index is 8.49. The minimum atomic E-state index is -4.94. The van der Waals surface area contributed by atoms with E-state index in [2.05, 4.69) is 52.0 Å². The first-order chi connectivity index (χ1) is 16.3. The summed E-state index contributed by atoms with van der Waals surface area (Å²) in [5.74, 6) is 0. The molecule has 0 amide bonds. The van der Waals surface area contributed by atoms with Crippen LogP contribution in [0.15, 0.2) is 91.3 Å². The zero-order valence-electron chi connectivity index (χ0n) is 18.1. The molecule has 1 N–H and O–H groups in total. The Bertz CT molecular complexity index is 1120. The maximum absolute atomic E-state index is 8.49. The molecular weight excluding hydrogens is 505 g/mol. The summed E-state index contributed by atoms with van der Waals surface area (Å²) < 4.78 is 70.0. The molecule has 0 spiro atoms. The van der Waals surface area contributed by atoms with Crippen molar-refractivity contribution in [2.75, 3.05) is 0 Å². The molecule has 0 bridgehead atoms. The maximum Gasteiger partial charge on any atom is 0.230 e. The van der Waals surface area contributed by atoms with E-state index in [1.165, 1.54) is 5.56 Å². The quantitative estimate of drug-likeness (QED) is 0.233. The van der Waals surface area contributed by atoms with Gasteiger partial charge in [-0.15, -0.1) is 20.5 Å². The van der Waals surface area contributed by atoms with Gasteiger partial charge in [0.2, 0.25) is 11.4 Å². The lowest BCUT2D eigenvalue weighted by atomic mass is 10.0. The number of rotatable bonds is 3. The van der Waals surface area contributed by atoms with Gasteiger partial charge in [0.25, 0.3) is 0 Å². The van der Waals surface area contributed by atoms with Gasteiger partial charge >= 0.3 is 0 Å². The smallest absolute Gasteiger partial charge is 0.230 e. The summed E-state index contributed by atoms with van der Waals surface area (Å²) in [5, 5.41) is 0. The Morgan fingerprint density at radius 2 is 1.20 bits per heavy atom. The number of H-pyrrole nitrogens is 1. The molecule has 35 heavy (non-hydrogen) atoms. The van der Waals surface area contributed by atoms with E-state index >= 15 is 0 Å². The Balaban J connectivity index is 0.000000368. The van der Waals surface area contributed by atoms with Gasteiger partial charge < -0.3 is 0 Å². The van der Waals surface area contributed by atoms with Gasteiger partial charge in [-0.3, -0.25) is 0 Å². The Labute approximate surface area is 204 Å². The molecule has 1 aromatic carbocycles. The second kappa shape index (κ2) is 12.6. The van der Waals surface area contributed by atoms with Gasteiger partial charge in [-0.2, -0.15) is 4.57 Å². The Morgan fingerprint density at radius 3 is 1.74 bits per heavy atom. The number of benzene rings is 1. The molecule has 0 atom stereocenters. The van der Waals surface area contributed by atoms with Crippen molar-refractivity contribution in [3.63, 3.8) is 0 Å². The molecule has 4 aromatic rings. The standard InChI is InChI=1S/C22H18N3.2ClHO4/c1-25-14-8-6-12-22(25)21-16-18(17-9-3-2-4-10-17)15-20(24-21)19-11-5-7-13-23-19;2*2-1(3,4)5/h2-16H,1H3;2*(H,2,3,4,5)/q+1;;/p-1. The van der Waals surface area contributed by atoms with Crippen LogP contribution in [0.2, 0.25) is 0 Å². The molecule has 11 nitrogen and oxygen atoms in total. The fraction of sp³-hybridized carbons (Fsp3) is 0.0455. The fourth-order valence-electron chi connectivity index (χ4n) is 2.94. The number of halogens is 2. The van der Waals surface area contributed by atoms with Crippen molar-refractivity contribution in [2.24, 2.45) is 7.05 Å². The van der Waals surface area contributed by atoms with Gasteiger partial charge in [0, 0.05) is 24.3 Å². The van der Waals surface area contributed by atoms with Crippen LogP contribution in [-0.4, -0.2) is 4.98 Å². The van der Waals surface area contributed by atoms with Crippen LogP contribution in [0.3, 0.4) is 0 Å². The number of aromatic amines is 1. The Kier molecular flexibility index (Phi) is 10.1. The molecule has 0 aliphatic heterocycles. The molecule has 184 valence electrons. The van der Waals surface area contributed by atoms with E-state index in [1.807, 2.05) is 55.8 Å². The molecule has 0 fully saturated rings. The predicted molar refractivity (Wildman–Crippen MR) is 98.3 cm³/mol. The molecule has 3 heterocycles. The van der Waals surface area contributed by atoms with Crippen molar-refractivity contribution in [3.8, 4) is 33.9 Å². The van der Waals surface area contributed by atoms with Crippen molar-refractivity contribution in [1.29, 1.82) is 0 Å². The number of pyridine rings is 3. The van der Waals surface area contributed by atoms with Crippen LogP contribution >= 0.6 is 0 Å². The van der Waals surface area contributed by atoms with Crippen LogP contribution in [0, 0.1) is 20.5 Å². The summed E-state index contributed by atoms with van der Waals surface area (Å²) in [6.07, 6.45) is 3.97. The topological polar surface area (TPSA) is 215 Å². The highest BCUT2D eigenvalue weighted by Crippen LogP contribution is 2.27. The van der Waals surface area contributed by atoms with E-state index in [1.54, 1.807) is 0 Å². The van der Waals surface area contributed by atoms with Crippen LogP contribution in [-0.2, 0) is 7.05 Å². The fourth-order valence-corrected chi connectivity index (χ4v) is 2.94. The zero-order valence-corrected chi connectivity index (χ0v) is 19.6. The number of nitrogens with zero attached hydrogens (tertiary/aromatic N) is 2. The zero-order chi connectivity index (χ0) is 26.1. The van der Waals surface area contributed by atoms with Crippen LogP contribution < -0.4 is 46.8 Å². The number of nitrogens with one attached hydrogen (secondary N) is 1. The second-order valence-electron chi connectivity index (χ2n) is 6.72. The van der Waals surface area contributed by atoms with Crippen molar-refractivity contribution in [3.05, 3.63) is 91.3 Å². The minimum Gasteiger partial charge on any atom is -0.235 e. The van der Waals surface area contributed by atoms with E-state index in [9.17, 15) is 0 Å². The molecule has 13 heteroatoms. The predicted octanol–water partition coefficient (Wildman–Crippen LogP) is -5.79. The largest absolute Gasteiger partial charge is 0.235 e. The SMILES string of the molecule is C[n+]1ccccc1-c1cc(-c2ccccc2)cc(-c2cccc[nH+]2)n1.[O-][Cl+3]([O-])([O-])[O-].[O-][Cl+3]([O-])([O-])[O-]. The highest BCUT2D eigenvalue weighted by molar-refractivity contribution is 5.73. The van der Waals surface area contributed by atoms with Crippen LogP contribution in [0.4, 0.5) is 0 Å². The van der Waals surface area contributed by atoms with Crippen molar-refractivity contribution >= 4 is 0 Å². The molecule has 0 aliphatic carbocycles. The van der Waals surface area contributed by atoms with E-state index in [0.717, 1.165) is 28.3 Å². The average Bonchev–Trinajstić information content (AvgIpc) is 2.78. The summed E-state index contributed by atoms with van der Waals surface area (Å²) in [6, 6.07) is 26.9. The first-order valence-electron chi connectivity index (χ1n) is 9.54. The van der Waals surface area contributed by atoms with Crippen molar-refractivity contribution < 1.29 is 67.3 Å². The summed E-state index contributed by atoms with van der Waals surface area (Å²) in [4.78, 5) is 8.20. The highest BCUT2D eigenvalue weighted by atomic mass is 35.7. The number of aryl methyl sites for hydroxylation is 1. The monoisotopic (exact) mass is 523 g/mol.